The molecule has 1 aromatic carbocycles. The van der Waals surface area contributed by atoms with Crippen molar-refractivity contribution < 1.29 is 9.84 Å². The molecule has 1 aromatic heterocycles. The molecule has 1 fully saturated rings. The fraction of sp³-hybridized carbons (Fsp3) is 0.524. The van der Waals surface area contributed by atoms with Gasteiger partial charge in [0.1, 0.15) is 0 Å². The van der Waals surface area contributed by atoms with Crippen LogP contribution in [0, 0.1) is 5.41 Å². The number of imidazole rings is 1. The first-order valence-corrected chi connectivity index (χ1v) is 9.97. The summed E-state index contributed by atoms with van der Waals surface area (Å²) < 4.78 is 7.62. The maximum Gasteiger partial charge on any atom is 0.191 e. The molecule has 0 spiro atoms. The van der Waals surface area contributed by atoms with Gasteiger partial charge in [0, 0.05) is 50.7 Å². The molecule has 1 aliphatic heterocycles. The third-order valence-electron chi connectivity index (χ3n) is 5.17. The van der Waals surface area contributed by atoms with Crippen LogP contribution in [0.2, 0.25) is 0 Å². The Bertz CT molecular complexity index is 722. The zero-order chi connectivity index (χ0) is 19.7. The van der Waals surface area contributed by atoms with Gasteiger partial charge in [0.2, 0.25) is 0 Å². The summed E-state index contributed by atoms with van der Waals surface area (Å²) in [5, 5.41) is 16.1. The SMILES string of the molecule is CCNC(=NCc1ccc(Cn2ccnc2)cc1)NCC1(CCO)CCOC1. The second-order valence-electron chi connectivity index (χ2n) is 7.38. The summed E-state index contributed by atoms with van der Waals surface area (Å²) in [6, 6.07) is 8.52. The normalized spacial score (nSPS) is 19.7. The van der Waals surface area contributed by atoms with Crippen LogP contribution in [-0.4, -0.2) is 53.5 Å². The van der Waals surface area contributed by atoms with Gasteiger partial charge in [0.15, 0.2) is 5.96 Å². The molecule has 1 saturated heterocycles. The minimum absolute atomic E-state index is 0.0000875. The highest BCUT2D eigenvalue weighted by Crippen LogP contribution is 2.31. The van der Waals surface area contributed by atoms with Crippen molar-refractivity contribution >= 4 is 5.96 Å². The second-order valence-corrected chi connectivity index (χ2v) is 7.38. The number of guanidine groups is 1. The number of aliphatic hydroxyl groups excluding tert-OH is 1. The highest BCUT2D eigenvalue weighted by atomic mass is 16.5. The van der Waals surface area contributed by atoms with E-state index in [2.05, 4.69) is 51.4 Å². The van der Waals surface area contributed by atoms with Crippen LogP contribution in [-0.2, 0) is 17.8 Å². The van der Waals surface area contributed by atoms with Crippen molar-refractivity contribution in [2.75, 3.05) is 32.9 Å². The Morgan fingerprint density at radius 3 is 2.75 bits per heavy atom. The van der Waals surface area contributed by atoms with Crippen molar-refractivity contribution in [1.29, 1.82) is 0 Å². The van der Waals surface area contributed by atoms with E-state index in [4.69, 9.17) is 9.73 Å². The summed E-state index contributed by atoms with van der Waals surface area (Å²) in [6.07, 6.45) is 7.30. The van der Waals surface area contributed by atoms with Crippen molar-refractivity contribution in [3.05, 3.63) is 54.1 Å². The first-order chi connectivity index (χ1) is 13.7. The number of hydrogen-bond acceptors (Lipinski definition) is 4. The van der Waals surface area contributed by atoms with E-state index in [1.807, 2.05) is 12.5 Å². The van der Waals surface area contributed by atoms with E-state index in [0.29, 0.717) is 13.2 Å². The number of rotatable bonds is 9. The smallest absolute Gasteiger partial charge is 0.191 e. The van der Waals surface area contributed by atoms with E-state index < -0.39 is 0 Å². The van der Waals surface area contributed by atoms with Gasteiger partial charge in [-0.05, 0) is 30.9 Å². The van der Waals surface area contributed by atoms with Gasteiger partial charge in [-0.15, -0.1) is 0 Å². The maximum atomic E-state index is 9.38. The molecular formula is C21H31N5O2. The van der Waals surface area contributed by atoms with Gasteiger partial charge in [-0.1, -0.05) is 24.3 Å². The van der Waals surface area contributed by atoms with Crippen molar-refractivity contribution in [3.63, 3.8) is 0 Å². The van der Waals surface area contributed by atoms with Crippen molar-refractivity contribution in [2.45, 2.75) is 32.9 Å². The fourth-order valence-corrected chi connectivity index (χ4v) is 3.44. The van der Waals surface area contributed by atoms with Crippen LogP contribution < -0.4 is 10.6 Å². The number of aromatic nitrogens is 2. The van der Waals surface area contributed by atoms with E-state index in [1.54, 1.807) is 6.20 Å². The van der Waals surface area contributed by atoms with Gasteiger partial charge in [-0.2, -0.15) is 0 Å². The Hall–Kier alpha value is -2.38. The molecule has 2 aromatic rings. The lowest BCUT2D eigenvalue weighted by atomic mass is 9.84. The summed E-state index contributed by atoms with van der Waals surface area (Å²) >= 11 is 0. The Kier molecular flexibility index (Phi) is 7.45. The third kappa shape index (κ3) is 5.81. The number of aliphatic hydroxyl groups is 1. The molecule has 152 valence electrons. The number of hydrogen-bond donors (Lipinski definition) is 3. The molecule has 1 aliphatic rings. The molecule has 7 nitrogen and oxygen atoms in total. The number of aliphatic imine (C=N–C) groups is 1. The van der Waals surface area contributed by atoms with Crippen LogP contribution in [0.15, 0.2) is 48.0 Å². The number of benzene rings is 1. The zero-order valence-electron chi connectivity index (χ0n) is 16.6. The lowest BCUT2D eigenvalue weighted by Gasteiger charge is -2.27. The van der Waals surface area contributed by atoms with Crippen LogP contribution in [0.25, 0.3) is 0 Å². The predicted octanol–water partition coefficient (Wildman–Crippen LogP) is 1.78. The maximum absolute atomic E-state index is 9.38. The molecule has 3 N–H and O–H groups in total. The van der Waals surface area contributed by atoms with Crippen LogP contribution >= 0.6 is 0 Å². The minimum atomic E-state index is -0.0000875. The highest BCUT2D eigenvalue weighted by molar-refractivity contribution is 5.79. The van der Waals surface area contributed by atoms with E-state index in [0.717, 1.165) is 45.0 Å². The van der Waals surface area contributed by atoms with E-state index in [1.165, 1.54) is 11.1 Å². The van der Waals surface area contributed by atoms with Gasteiger partial charge < -0.3 is 25.0 Å². The lowest BCUT2D eigenvalue weighted by Crippen LogP contribution is -2.44. The first kappa shape index (κ1) is 20.4. The molecule has 2 heterocycles. The summed E-state index contributed by atoms with van der Waals surface area (Å²) in [6.45, 7) is 6.70. The largest absolute Gasteiger partial charge is 0.396 e. The van der Waals surface area contributed by atoms with Crippen LogP contribution in [0.4, 0.5) is 0 Å². The number of nitrogens with zero attached hydrogens (tertiary/aromatic N) is 3. The Morgan fingerprint density at radius 1 is 1.29 bits per heavy atom. The Labute approximate surface area is 166 Å². The lowest BCUT2D eigenvalue weighted by molar-refractivity contribution is 0.127. The fourth-order valence-electron chi connectivity index (χ4n) is 3.44. The molecule has 3 rings (SSSR count). The molecule has 1 atom stereocenters. The molecule has 28 heavy (non-hydrogen) atoms. The molecule has 1 unspecified atom stereocenters. The molecule has 0 aliphatic carbocycles. The summed E-state index contributed by atoms with van der Waals surface area (Å²) in [4.78, 5) is 8.79. The second kappa shape index (κ2) is 10.2. The molecule has 7 heteroatoms. The average Bonchev–Trinajstić information content (AvgIpc) is 3.38. The average molecular weight is 386 g/mol. The quantitative estimate of drug-likeness (QED) is 0.453. The molecule has 0 amide bonds. The molecule has 0 bridgehead atoms. The first-order valence-electron chi connectivity index (χ1n) is 9.97. The highest BCUT2D eigenvalue weighted by Gasteiger charge is 2.34. The van der Waals surface area contributed by atoms with Gasteiger partial charge in [-0.25, -0.2) is 9.98 Å². The monoisotopic (exact) mass is 385 g/mol. The Morgan fingerprint density at radius 2 is 2.11 bits per heavy atom. The van der Waals surface area contributed by atoms with Crippen LogP contribution in [0.5, 0.6) is 0 Å². The van der Waals surface area contributed by atoms with Gasteiger partial charge in [0.05, 0.1) is 19.5 Å². The van der Waals surface area contributed by atoms with Crippen LogP contribution in [0.1, 0.15) is 30.9 Å². The molecule has 0 saturated carbocycles. The van der Waals surface area contributed by atoms with Crippen molar-refractivity contribution in [1.82, 2.24) is 20.2 Å². The Balaban J connectivity index is 1.56. The number of ether oxygens (including phenoxy) is 1. The zero-order valence-corrected chi connectivity index (χ0v) is 16.6. The minimum Gasteiger partial charge on any atom is -0.396 e. The van der Waals surface area contributed by atoms with Gasteiger partial charge in [-0.3, -0.25) is 0 Å². The molecule has 0 radical (unpaired) electrons. The summed E-state index contributed by atoms with van der Waals surface area (Å²) in [7, 11) is 0. The van der Waals surface area contributed by atoms with E-state index in [-0.39, 0.29) is 12.0 Å². The molecular weight excluding hydrogens is 354 g/mol. The van der Waals surface area contributed by atoms with Crippen LogP contribution in [0.3, 0.4) is 0 Å². The standard InChI is InChI=1S/C21H31N5O2/c1-2-23-20(25-15-21(7-11-27)8-12-28-16-21)24-13-18-3-5-19(6-4-18)14-26-10-9-22-17-26/h3-6,9-10,17,27H,2,7-8,11-16H2,1H3,(H2,23,24,25). The number of nitrogens with one attached hydrogen (secondary N) is 2. The van der Waals surface area contributed by atoms with E-state index in [9.17, 15) is 5.11 Å². The van der Waals surface area contributed by atoms with Crippen molar-refractivity contribution in [3.8, 4) is 0 Å². The summed E-state index contributed by atoms with van der Waals surface area (Å²) in [5.41, 5.74) is 2.41. The van der Waals surface area contributed by atoms with E-state index >= 15 is 0 Å². The van der Waals surface area contributed by atoms with Crippen molar-refractivity contribution in [2.24, 2.45) is 10.4 Å². The van der Waals surface area contributed by atoms with Gasteiger partial charge >= 0.3 is 0 Å². The summed E-state index contributed by atoms with van der Waals surface area (Å²) in [5.74, 6) is 0.800. The third-order valence-corrected chi connectivity index (χ3v) is 5.17. The topological polar surface area (TPSA) is 83.7 Å². The van der Waals surface area contributed by atoms with Gasteiger partial charge in [0.25, 0.3) is 0 Å². The predicted molar refractivity (Wildman–Crippen MR) is 110 cm³/mol.